The molecule has 25 heavy (non-hydrogen) atoms. The van der Waals surface area contributed by atoms with Gasteiger partial charge in [-0.05, 0) is 18.2 Å². The van der Waals surface area contributed by atoms with E-state index in [4.69, 9.17) is 4.74 Å². The van der Waals surface area contributed by atoms with Gasteiger partial charge in [-0.25, -0.2) is 18.7 Å². The van der Waals surface area contributed by atoms with Crippen LogP contribution in [0.4, 0.5) is 26.1 Å². The van der Waals surface area contributed by atoms with Crippen molar-refractivity contribution in [2.75, 3.05) is 17.7 Å². The average molecular weight is 342 g/mol. The number of anilines is 3. The first-order valence-electron chi connectivity index (χ1n) is 7.55. The van der Waals surface area contributed by atoms with Gasteiger partial charge in [0, 0.05) is 24.2 Å². The summed E-state index contributed by atoms with van der Waals surface area (Å²) < 4.78 is 32.0. The normalized spacial score (nSPS) is 10.4. The molecule has 0 aliphatic heterocycles. The quantitative estimate of drug-likeness (QED) is 0.706. The minimum atomic E-state index is -0.692. The summed E-state index contributed by atoms with van der Waals surface area (Å²) in [5.74, 6) is 0.400. The third-order valence-corrected chi connectivity index (χ3v) is 3.51. The number of ether oxygens (including phenoxy) is 1. The van der Waals surface area contributed by atoms with E-state index < -0.39 is 11.6 Å². The Morgan fingerprint density at radius 1 is 1.00 bits per heavy atom. The van der Waals surface area contributed by atoms with Crippen LogP contribution < -0.4 is 15.4 Å². The summed E-state index contributed by atoms with van der Waals surface area (Å²) >= 11 is 0. The van der Waals surface area contributed by atoms with Gasteiger partial charge in [-0.3, -0.25) is 0 Å². The molecule has 2 N–H and O–H groups in total. The van der Waals surface area contributed by atoms with Crippen molar-refractivity contribution in [1.82, 2.24) is 9.97 Å². The van der Waals surface area contributed by atoms with E-state index in [1.807, 2.05) is 24.3 Å². The summed E-state index contributed by atoms with van der Waals surface area (Å²) in [7, 11) is 1.61. The zero-order chi connectivity index (χ0) is 17.6. The number of rotatable bonds is 6. The Labute approximate surface area is 143 Å². The molecule has 3 rings (SSSR count). The van der Waals surface area contributed by atoms with Gasteiger partial charge in [0.15, 0.2) is 0 Å². The largest absolute Gasteiger partial charge is 0.496 e. The Kier molecular flexibility index (Phi) is 5.03. The van der Waals surface area contributed by atoms with Gasteiger partial charge in [-0.1, -0.05) is 18.2 Å². The highest BCUT2D eigenvalue weighted by Gasteiger charge is 2.06. The Bertz CT molecular complexity index is 873. The molecule has 0 unspecified atom stereocenters. The van der Waals surface area contributed by atoms with E-state index in [1.54, 1.807) is 13.2 Å². The molecule has 0 saturated carbocycles. The maximum absolute atomic E-state index is 13.7. The second-order valence-corrected chi connectivity index (χ2v) is 5.20. The molecule has 2 aromatic carbocycles. The van der Waals surface area contributed by atoms with Gasteiger partial charge in [0.1, 0.15) is 35.3 Å². The first-order valence-corrected chi connectivity index (χ1v) is 7.55. The van der Waals surface area contributed by atoms with Crippen LogP contribution in [-0.4, -0.2) is 17.1 Å². The number of halogens is 2. The molecule has 0 saturated heterocycles. The number of nitrogens with zero attached hydrogens (tertiary/aromatic N) is 2. The van der Waals surface area contributed by atoms with Crippen LogP contribution in [0.3, 0.4) is 0 Å². The standard InChI is InChI=1S/C18H16F2N4O/c1-25-16-5-3-2-4-12(16)10-21-17-9-18(23-11-22-17)24-15-7-6-13(19)8-14(15)20/h2-9,11H,10H2,1H3,(H2,21,22,23,24). The second kappa shape index (κ2) is 7.57. The van der Waals surface area contributed by atoms with Gasteiger partial charge >= 0.3 is 0 Å². The summed E-state index contributed by atoms with van der Waals surface area (Å²) in [6, 6.07) is 12.6. The van der Waals surface area contributed by atoms with Gasteiger partial charge in [0.05, 0.1) is 12.8 Å². The fourth-order valence-electron chi connectivity index (χ4n) is 2.29. The molecular formula is C18H16F2N4O. The van der Waals surface area contributed by atoms with Gasteiger partial charge in [0.25, 0.3) is 0 Å². The smallest absolute Gasteiger partial charge is 0.149 e. The van der Waals surface area contributed by atoms with E-state index in [0.717, 1.165) is 17.4 Å². The Hall–Kier alpha value is -3.22. The monoisotopic (exact) mass is 342 g/mol. The van der Waals surface area contributed by atoms with Crippen molar-refractivity contribution >= 4 is 17.3 Å². The number of hydrogen-bond acceptors (Lipinski definition) is 5. The maximum Gasteiger partial charge on any atom is 0.149 e. The van der Waals surface area contributed by atoms with Crippen LogP contribution in [-0.2, 0) is 6.54 Å². The predicted molar refractivity (Wildman–Crippen MR) is 92.0 cm³/mol. The van der Waals surface area contributed by atoms with Gasteiger partial charge < -0.3 is 15.4 Å². The molecule has 128 valence electrons. The molecule has 0 fully saturated rings. The van der Waals surface area contributed by atoms with Crippen LogP contribution in [0.5, 0.6) is 5.75 Å². The molecule has 0 radical (unpaired) electrons. The number of para-hydroxylation sites is 1. The Balaban J connectivity index is 1.71. The molecule has 0 bridgehead atoms. The number of hydrogen-bond donors (Lipinski definition) is 2. The number of methoxy groups -OCH3 is 1. The van der Waals surface area contributed by atoms with E-state index in [9.17, 15) is 8.78 Å². The molecule has 1 aromatic heterocycles. The maximum atomic E-state index is 13.7. The van der Waals surface area contributed by atoms with Crippen molar-refractivity contribution in [2.45, 2.75) is 6.54 Å². The zero-order valence-electron chi connectivity index (χ0n) is 13.5. The molecule has 0 amide bonds. The van der Waals surface area contributed by atoms with Crippen molar-refractivity contribution in [3.8, 4) is 5.75 Å². The van der Waals surface area contributed by atoms with Crippen LogP contribution >= 0.6 is 0 Å². The third kappa shape index (κ3) is 4.20. The number of nitrogens with one attached hydrogen (secondary N) is 2. The summed E-state index contributed by atoms with van der Waals surface area (Å²) in [5.41, 5.74) is 1.11. The first-order chi connectivity index (χ1) is 12.2. The lowest BCUT2D eigenvalue weighted by molar-refractivity contribution is 0.410. The SMILES string of the molecule is COc1ccccc1CNc1cc(Nc2ccc(F)cc2F)ncn1. The lowest BCUT2D eigenvalue weighted by atomic mass is 10.2. The van der Waals surface area contributed by atoms with E-state index >= 15 is 0 Å². The average Bonchev–Trinajstić information content (AvgIpc) is 2.63. The third-order valence-electron chi connectivity index (χ3n) is 3.51. The van der Waals surface area contributed by atoms with Crippen molar-refractivity contribution in [1.29, 1.82) is 0 Å². The Morgan fingerprint density at radius 3 is 2.60 bits per heavy atom. The zero-order valence-corrected chi connectivity index (χ0v) is 13.5. The highest BCUT2D eigenvalue weighted by Crippen LogP contribution is 2.22. The van der Waals surface area contributed by atoms with Crippen molar-refractivity contribution in [2.24, 2.45) is 0 Å². The van der Waals surface area contributed by atoms with Crippen LogP contribution in [0.1, 0.15) is 5.56 Å². The lowest BCUT2D eigenvalue weighted by Gasteiger charge is -2.11. The lowest BCUT2D eigenvalue weighted by Crippen LogP contribution is -2.04. The molecule has 3 aromatic rings. The van der Waals surface area contributed by atoms with E-state index in [0.29, 0.717) is 18.2 Å². The molecular weight excluding hydrogens is 326 g/mol. The molecule has 0 aliphatic carbocycles. The first kappa shape index (κ1) is 16.6. The predicted octanol–water partition coefficient (Wildman–Crippen LogP) is 4.12. The molecule has 7 heteroatoms. The highest BCUT2D eigenvalue weighted by atomic mass is 19.1. The number of aromatic nitrogens is 2. The van der Waals surface area contributed by atoms with Gasteiger partial charge in [-0.15, -0.1) is 0 Å². The molecule has 0 spiro atoms. The van der Waals surface area contributed by atoms with E-state index in [2.05, 4.69) is 20.6 Å². The van der Waals surface area contributed by atoms with Crippen LogP contribution in [0.2, 0.25) is 0 Å². The molecule has 0 aliphatic rings. The van der Waals surface area contributed by atoms with Crippen molar-refractivity contribution < 1.29 is 13.5 Å². The number of benzene rings is 2. The van der Waals surface area contributed by atoms with E-state index in [-0.39, 0.29) is 5.69 Å². The van der Waals surface area contributed by atoms with Crippen LogP contribution in [0.25, 0.3) is 0 Å². The van der Waals surface area contributed by atoms with E-state index in [1.165, 1.54) is 18.5 Å². The second-order valence-electron chi connectivity index (χ2n) is 5.20. The van der Waals surface area contributed by atoms with Crippen LogP contribution in [0, 0.1) is 11.6 Å². The molecule has 1 heterocycles. The summed E-state index contributed by atoms with van der Waals surface area (Å²) in [6.07, 6.45) is 1.36. The summed E-state index contributed by atoms with van der Waals surface area (Å²) in [5, 5.41) is 5.96. The molecule has 0 atom stereocenters. The minimum absolute atomic E-state index is 0.135. The highest BCUT2D eigenvalue weighted by molar-refractivity contribution is 5.59. The summed E-state index contributed by atoms with van der Waals surface area (Å²) in [6.45, 7) is 0.505. The minimum Gasteiger partial charge on any atom is -0.496 e. The summed E-state index contributed by atoms with van der Waals surface area (Å²) in [4.78, 5) is 8.17. The fourth-order valence-corrected chi connectivity index (χ4v) is 2.29. The van der Waals surface area contributed by atoms with Gasteiger partial charge in [0.2, 0.25) is 0 Å². The van der Waals surface area contributed by atoms with Crippen molar-refractivity contribution in [3.05, 3.63) is 72.1 Å². The molecule has 5 nitrogen and oxygen atoms in total. The van der Waals surface area contributed by atoms with Gasteiger partial charge in [-0.2, -0.15) is 0 Å². The topological polar surface area (TPSA) is 59.1 Å². The van der Waals surface area contributed by atoms with Crippen LogP contribution in [0.15, 0.2) is 54.9 Å². The van der Waals surface area contributed by atoms with Crippen molar-refractivity contribution in [3.63, 3.8) is 0 Å². The Morgan fingerprint density at radius 2 is 1.80 bits per heavy atom. The fraction of sp³-hybridized carbons (Fsp3) is 0.111.